The summed E-state index contributed by atoms with van der Waals surface area (Å²) in [6, 6.07) is 15.2. The molecule has 5 heteroatoms. The van der Waals surface area contributed by atoms with E-state index in [2.05, 4.69) is 23.9 Å². The van der Waals surface area contributed by atoms with Crippen LogP contribution in [0.2, 0.25) is 0 Å². The molecular weight excluding hydrogens is 347 g/mol. The van der Waals surface area contributed by atoms with Gasteiger partial charge >= 0.3 is 0 Å². The van der Waals surface area contributed by atoms with Gasteiger partial charge in [-0.05, 0) is 35.7 Å². The van der Waals surface area contributed by atoms with Gasteiger partial charge in [-0.2, -0.15) is 0 Å². The molecular formula is C21H27FN2OS. The Bertz CT molecular complexity index is 729. The third-order valence-electron chi connectivity index (χ3n) is 4.01. The Hall–Kier alpha value is -1.85. The fourth-order valence-electron chi connectivity index (χ4n) is 2.48. The van der Waals surface area contributed by atoms with Gasteiger partial charge in [-0.15, -0.1) is 0 Å². The van der Waals surface area contributed by atoms with Gasteiger partial charge in [0, 0.05) is 23.9 Å². The second kappa shape index (κ2) is 9.19. The van der Waals surface area contributed by atoms with Crippen molar-refractivity contribution < 1.29 is 9.18 Å². The number of carbonyl (C=O) groups excluding carboxylic acids is 1. The number of hydrogen-bond donors (Lipinski definition) is 2. The Labute approximate surface area is 159 Å². The lowest BCUT2D eigenvalue weighted by Crippen LogP contribution is -2.29. The van der Waals surface area contributed by atoms with E-state index in [9.17, 15) is 9.18 Å². The molecule has 3 nitrogen and oxygen atoms in total. The minimum atomic E-state index is -1.43. The topological polar surface area (TPSA) is 41.1 Å². The monoisotopic (exact) mass is 374 g/mol. The van der Waals surface area contributed by atoms with E-state index >= 15 is 0 Å². The number of anilines is 1. The molecule has 1 amide bonds. The van der Waals surface area contributed by atoms with Gasteiger partial charge in [0.15, 0.2) is 0 Å². The van der Waals surface area contributed by atoms with Crippen molar-refractivity contribution in [1.82, 2.24) is 4.72 Å². The van der Waals surface area contributed by atoms with Crippen LogP contribution in [-0.2, 0) is 10.5 Å². The Kier molecular flexibility index (Phi) is 7.23. The zero-order valence-corrected chi connectivity index (χ0v) is 16.6. The molecule has 2 aromatic rings. The van der Waals surface area contributed by atoms with Crippen LogP contribution in [0.15, 0.2) is 48.5 Å². The molecule has 2 aromatic carbocycles. The van der Waals surface area contributed by atoms with Gasteiger partial charge in [0.2, 0.25) is 5.91 Å². The largest absolute Gasteiger partial charge is 0.326 e. The first-order valence-electron chi connectivity index (χ1n) is 8.90. The van der Waals surface area contributed by atoms with Gasteiger partial charge in [-0.1, -0.05) is 69.1 Å². The number of alkyl halides is 1. The van der Waals surface area contributed by atoms with E-state index in [4.69, 9.17) is 0 Å². The standard InChI is InChI=1S/C21H27FN2OS/c1-5-20(25)24-19-8-6-7-17(13-19)16-9-11-18(12-10-16)21(4,22)14-23-26-15(2)3/h6-13,15,23H,5,14H2,1-4H3,(H,24,25). The summed E-state index contributed by atoms with van der Waals surface area (Å²) >= 11 is 1.54. The van der Waals surface area contributed by atoms with Crippen LogP contribution in [0.4, 0.5) is 10.1 Å². The van der Waals surface area contributed by atoms with E-state index in [1.165, 1.54) is 11.9 Å². The number of rotatable bonds is 8. The molecule has 1 unspecified atom stereocenters. The molecule has 0 saturated carbocycles. The van der Waals surface area contributed by atoms with Crippen LogP contribution < -0.4 is 10.0 Å². The molecule has 2 rings (SSSR count). The molecule has 0 heterocycles. The zero-order chi connectivity index (χ0) is 19.2. The fraction of sp³-hybridized carbons (Fsp3) is 0.381. The quantitative estimate of drug-likeness (QED) is 0.597. The van der Waals surface area contributed by atoms with Crippen LogP contribution in [0.5, 0.6) is 0 Å². The third kappa shape index (κ3) is 5.85. The van der Waals surface area contributed by atoms with Crippen molar-refractivity contribution in [2.75, 3.05) is 11.9 Å². The maximum atomic E-state index is 14.9. The second-order valence-corrected chi connectivity index (χ2v) is 8.21. The van der Waals surface area contributed by atoms with Gasteiger partial charge in [0.1, 0.15) is 5.67 Å². The Balaban J connectivity index is 2.11. The van der Waals surface area contributed by atoms with Gasteiger partial charge in [-0.25, -0.2) is 4.39 Å². The summed E-state index contributed by atoms with van der Waals surface area (Å²) in [7, 11) is 0. The van der Waals surface area contributed by atoms with Crippen molar-refractivity contribution in [2.24, 2.45) is 0 Å². The summed E-state index contributed by atoms with van der Waals surface area (Å²) in [5.74, 6) is -0.0162. The van der Waals surface area contributed by atoms with Gasteiger partial charge in [0.25, 0.3) is 0 Å². The molecule has 0 radical (unpaired) electrons. The molecule has 140 valence electrons. The van der Waals surface area contributed by atoms with Crippen LogP contribution in [0.1, 0.15) is 39.7 Å². The summed E-state index contributed by atoms with van der Waals surface area (Å²) in [4.78, 5) is 11.6. The van der Waals surface area contributed by atoms with Crippen molar-refractivity contribution in [3.63, 3.8) is 0 Å². The SMILES string of the molecule is CCC(=O)Nc1cccc(-c2ccc(C(C)(F)CNSC(C)C)cc2)c1. The molecule has 1 atom stereocenters. The molecule has 0 bridgehead atoms. The second-order valence-electron chi connectivity index (χ2n) is 6.75. The van der Waals surface area contributed by atoms with Gasteiger partial charge in [-0.3, -0.25) is 9.52 Å². The van der Waals surface area contributed by atoms with Crippen molar-refractivity contribution in [1.29, 1.82) is 0 Å². The molecule has 0 spiro atoms. The molecule has 0 aliphatic rings. The first-order valence-corrected chi connectivity index (χ1v) is 9.78. The highest BCUT2D eigenvalue weighted by atomic mass is 32.2. The van der Waals surface area contributed by atoms with Gasteiger partial charge < -0.3 is 5.32 Å². The molecule has 0 fully saturated rings. The van der Waals surface area contributed by atoms with Crippen LogP contribution in [0.3, 0.4) is 0 Å². The van der Waals surface area contributed by atoms with Gasteiger partial charge in [0.05, 0.1) is 0 Å². The smallest absolute Gasteiger partial charge is 0.224 e. The Morgan fingerprint density at radius 1 is 1.15 bits per heavy atom. The molecule has 0 aromatic heterocycles. The van der Waals surface area contributed by atoms with E-state index in [0.717, 1.165) is 16.8 Å². The number of halogens is 1. The average molecular weight is 375 g/mol. The minimum Gasteiger partial charge on any atom is -0.326 e. The normalized spacial score (nSPS) is 13.5. The van der Waals surface area contributed by atoms with E-state index in [1.807, 2.05) is 55.5 Å². The lowest BCUT2D eigenvalue weighted by Gasteiger charge is -2.22. The number of nitrogens with one attached hydrogen (secondary N) is 2. The van der Waals surface area contributed by atoms with Crippen LogP contribution in [0.25, 0.3) is 11.1 Å². The zero-order valence-electron chi connectivity index (χ0n) is 15.8. The summed E-state index contributed by atoms with van der Waals surface area (Å²) in [6.07, 6.45) is 0.442. The third-order valence-corrected chi connectivity index (χ3v) is 4.79. The number of hydrogen-bond acceptors (Lipinski definition) is 3. The van der Waals surface area contributed by atoms with Crippen molar-refractivity contribution >= 4 is 23.5 Å². The predicted molar refractivity (Wildman–Crippen MR) is 110 cm³/mol. The lowest BCUT2D eigenvalue weighted by molar-refractivity contribution is -0.115. The summed E-state index contributed by atoms with van der Waals surface area (Å²) in [5.41, 5.74) is 1.95. The maximum absolute atomic E-state index is 14.9. The van der Waals surface area contributed by atoms with Crippen LogP contribution >= 0.6 is 11.9 Å². The number of carbonyl (C=O) groups is 1. The van der Waals surface area contributed by atoms with Crippen molar-refractivity contribution in [3.05, 3.63) is 54.1 Å². The van der Waals surface area contributed by atoms with E-state index < -0.39 is 5.67 Å². The minimum absolute atomic E-state index is 0.0162. The van der Waals surface area contributed by atoms with Crippen molar-refractivity contribution in [2.45, 2.75) is 45.0 Å². The first kappa shape index (κ1) is 20.5. The van der Waals surface area contributed by atoms with E-state index in [1.54, 1.807) is 6.92 Å². The van der Waals surface area contributed by atoms with E-state index in [0.29, 0.717) is 17.2 Å². The molecule has 2 N–H and O–H groups in total. The summed E-state index contributed by atoms with van der Waals surface area (Å²) < 4.78 is 18.0. The van der Waals surface area contributed by atoms with Crippen molar-refractivity contribution in [3.8, 4) is 11.1 Å². The molecule has 0 aliphatic heterocycles. The van der Waals surface area contributed by atoms with E-state index in [-0.39, 0.29) is 12.5 Å². The predicted octanol–water partition coefficient (Wildman–Crippen LogP) is 5.53. The number of amides is 1. The highest BCUT2D eigenvalue weighted by Crippen LogP contribution is 2.29. The Morgan fingerprint density at radius 3 is 2.46 bits per heavy atom. The molecule has 26 heavy (non-hydrogen) atoms. The molecule has 0 aliphatic carbocycles. The Morgan fingerprint density at radius 2 is 1.85 bits per heavy atom. The average Bonchev–Trinajstić information content (AvgIpc) is 2.61. The highest BCUT2D eigenvalue weighted by molar-refractivity contribution is 7.97. The molecule has 0 saturated heterocycles. The summed E-state index contributed by atoms with van der Waals surface area (Å²) in [5, 5.41) is 3.27. The fourth-order valence-corrected chi connectivity index (χ4v) is 3.17. The maximum Gasteiger partial charge on any atom is 0.224 e. The van der Waals surface area contributed by atoms with Crippen LogP contribution in [-0.4, -0.2) is 17.7 Å². The first-order chi connectivity index (χ1) is 12.3. The highest BCUT2D eigenvalue weighted by Gasteiger charge is 2.25. The lowest BCUT2D eigenvalue weighted by atomic mass is 9.95. The number of benzene rings is 2. The van der Waals surface area contributed by atoms with Crippen LogP contribution in [0, 0.1) is 0 Å². The summed E-state index contributed by atoms with van der Waals surface area (Å²) in [6.45, 7) is 7.81.